The van der Waals surface area contributed by atoms with Gasteiger partial charge in [-0.1, -0.05) is 18.6 Å². The SMILES string of the molecule is CC(=O)Nc1ccc(CCNC(=O)C2CCCC(N)C2)cc1.Cl. The van der Waals surface area contributed by atoms with E-state index in [1.807, 2.05) is 24.3 Å². The third-order valence-electron chi connectivity index (χ3n) is 4.07. The summed E-state index contributed by atoms with van der Waals surface area (Å²) >= 11 is 0. The van der Waals surface area contributed by atoms with Gasteiger partial charge in [-0.25, -0.2) is 0 Å². The molecule has 128 valence electrons. The predicted molar refractivity (Wildman–Crippen MR) is 94.6 cm³/mol. The summed E-state index contributed by atoms with van der Waals surface area (Å²) in [6, 6.07) is 7.85. The van der Waals surface area contributed by atoms with Crippen LogP contribution in [0.4, 0.5) is 5.69 Å². The smallest absolute Gasteiger partial charge is 0.223 e. The molecule has 6 heteroatoms. The lowest BCUT2D eigenvalue weighted by molar-refractivity contribution is -0.126. The molecule has 1 aliphatic rings. The number of hydrogen-bond donors (Lipinski definition) is 3. The minimum atomic E-state index is -0.0781. The minimum Gasteiger partial charge on any atom is -0.356 e. The molecule has 0 bridgehead atoms. The van der Waals surface area contributed by atoms with Crippen molar-refractivity contribution in [2.75, 3.05) is 11.9 Å². The Hall–Kier alpha value is -1.59. The molecule has 2 amide bonds. The fourth-order valence-corrected chi connectivity index (χ4v) is 2.90. The molecule has 1 aromatic carbocycles. The van der Waals surface area contributed by atoms with Crippen LogP contribution in [0.25, 0.3) is 0 Å². The first kappa shape index (κ1) is 19.5. The Labute approximate surface area is 143 Å². The van der Waals surface area contributed by atoms with Gasteiger partial charge in [0.2, 0.25) is 11.8 Å². The Morgan fingerprint density at radius 3 is 2.52 bits per heavy atom. The number of amides is 2. The van der Waals surface area contributed by atoms with E-state index in [1.165, 1.54) is 6.92 Å². The number of carbonyl (C=O) groups is 2. The molecule has 4 N–H and O–H groups in total. The van der Waals surface area contributed by atoms with E-state index in [9.17, 15) is 9.59 Å². The second-order valence-corrected chi connectivity index (χ2v) is 6.04. The van der Waals surface area contributed by atoms with Gasteiger partial charge in [0.05, 0.1) is 0 Å². The monoisotopic (exact) mass is 339 g/mol. The zero-order valence-corrected chi connectivity index (χ0v) is 14.3. The van der Waals surface area contributed by atoms with Crippen LogP contribution in [0, 0.1) is 5.92 Å². The lowest BCUT2D eigenvalue weighted by atomic mass is 9.85. The maximum atomic E-state index is 12.1. The van der Waals surface area contributed by atoms with E-state index in [0.29, 0.717) is 6.54 Å². The zero-order chi connectivity index (χ0) is 15.9. The van der Waals surface area contributed by atoms with E-state index in [4.69, 9.17) is 5.73 Å². The van der Waals surface area contributed by atoms with Crippen molar-refractivity contribution in [3.63, 3.8) is 0 Å². The summed E-state index contributed by atoms with van der Waals surface area (Å²) in [5, 5.41) is 5.74. The van der Waals surface area contributed by atoms with Crippen molar-refractivity contribution < 1.29 is 9.59 Å². The van der Waals surface area contributed by atoms with Crippen LogP contribution >= 0.6 is 12.4 Å². The quantitative estimate of drug-likeness (QED) is 0.769. The zero-order valence-electron chi connectivity index (χ0n) is 13.5. The van der Waals surface area contributed by atoms with Crippen molar-refractivity contribution in [3.8, 4) is 0 Å². The van der Waals surface area contributed by atoms with Gasteiger partial charge in [-0.3, -0.25) is 9.59 Å². The normalized spacial score (nSPS) is 20.3. The van der Waals surface area contributed by atoms with Crippen LogP contribution in [0.1, 0.15) is 38.2 Å². The van der Waals surface area contributed by atoms with Crippen molar-refractivity contribution in [1.29, 1.82) is 0 Å². The highest BCUT2D eigenvalue weighted by atomic mass is 35.5. The molecule has 0 heterocycles. The van der Waals surface area contributed by atoms with Gasteiger partial charge in [-0.15, -0.1) is 12.4 Å². The maximum absolute atomic E-state index is 12.1. The Kier molecular flexibility index (Phi) is 8.06. The van der Waals surface area contributed by atoms with Crippen LogP contribution in [0.3, 0.4) is 0 Å². The summed E-state index contributed by atoms with van der Waals surface area (Å²) in [5.41, 5.74) is 7.84. The fourth-order valence-electron chi connectivity index (χ4n) is 2.90. The molecule has 0 aromatic heterocycles. The summed E-state index contributed by atoms with van der Waals surface area (Å²) in [7, 11) is 0. The molecular formula is C17H26ClN3O2. The Balaban J connectivity index is 0.00000264. The second kappa shape index (κ2) is 9.53. The first-order chi connectivity index (χ1) is 10.5. The molecule has 0 saturated heterocycles. The molecule has 1 aliphatic carbocycles. The third-order valence-corrected chi connectivity index (χ3v) is 4.07. The minimum absolute atomic E-state index is 0. The molecule has 0 radical (unpaired) electrons. The van der Waals surface area contributed by atoms with E-state index in [1.54, 1.807) is 0 Å². The molecule has 5 nitrogen and oxygen atoms in total. The number of benzene rings is 1. The van der Waals surface area contributed by atoms with E-state index in [0.717, 1.165) is 43.4 Å². The molecule has 0 aliphatic heterocycles. The number of halogens is 1. The van der Waals surface area contributed by atoms with Crippen molar-refractivity contribution in [3.05, 3.63) is 29.8 Å². The molecular weight excluding hydrogens is 314 g/mol. The van der Waals surface area contributed by atoms with Crippen LogP contribution in [0.2, 0.25) is 0 Å². The standard InChI is InChI=1S/C17H25N3O2.ClH/c1-12(21)20-16-7-5-13(6-8-16)9-10-19-17(22)14-3-2-4-15(18)11-14;/h5-8,14-15H,2-4,9-11,18H2,1H3,(H,19,22)(H,20,21);1H. The van der Waals surface area contributed by atoms with Crippen molar-refractivity contribution in [2.45, 2.75) is 45.1 Å². The average molecular weight is 340 g/mol. The van der Waals surface area contributed by atoms with E-state index in [-0.39, 0.29) is 36.2 Å². The summed E-state index contributed by atoms with van der Waals surface area (Å²) in [5.74, 6) is 0.126. The molecule has 1 saturated carbocycles. The number of rotatable bonds is 5. The van der Waals surface area contributed by atoms with Gasteiger partial charge >= 0.3 is 0 Å². The predicted octanol–water partition coefficient (Wildman–Crippen LogP) is 2.24. The topological polar surface area (TPSA) is 84.2 Å². The van der Waals surface area contributed by atoms with Crippen LogP contribution in [0.5, 0.6) is 0 Å². The number of nitrogens with one attached hydrogen (secondary N) is 2. The number of anilines is 1. The largest absolute Gasteiger partial charge is 0.356 e. The average Bonchev–Trinajstić information content (AvgIpc) is 2.48. The molecule has 0 spiro atoms. The highest BCUT2D eigenvalue weighted by Crippen LogP contribution is 2.23. The van der Waals surface area contributed by atoms with Gasteiger partial charge in [-0.2, -0.15) is 0 Å². The maximum Gasteiger partial charge on any atom is 0.223 e. The van der Waals surface area contributed by atoms with Gasteiger partial charge in [0.15, 0.2) is 0 Å². The molecule has 2 atom stereocenters. The summed E-state index contributed by atoms with van der Waals surface area (Å²) in [6.07, 6.45) is 4.61. The van der Waals surface area contributed by atoms with Crippen molar-refractivity contribution >= 4 is 29.9 Å². The lowest BCUT2D eigenvalue weighted by Gasteiger charge is -2.25. The molecule has 1 fully saturated rings. The molecule has 2 rings (SSSR count). The van der Waals surface area contributed by atoms with Crippen LogP contribution < -0.4 is 16.4 Å². The lowest BCUT2D eigenvalue weighted by Crippen LogP contribution is -2.38. The molecule has 1 aromatic rings. The highest BCUT2D eigenvalue weighted by Gasteiger charge is 2.24. The summed E-state index contributed by atoms with van der Waals surface area (Å²) < 4.78 is 0. The number of hydrogen-bond acceptors (Lipinski definition) is 3. The Bertz CT molecular complexity index is 519. The number of nitrogens with two attached hydrogens (primary N) is 1. The first-order valence-electron chi connectivity index (χ1n) is 7.94. The van der Waals surface area contributed by atoms with Gasteiger partial charge < -0.3 is 16.4 Å². The Morgan fingerprint density at radius 1 is 1.22 bits per heavy atom. The summed E-state index contributed by atoms with van der Waals surface area (Å²) in [6.45, 7) is 2.12. The first-order valence-corrected chi connectivity index (χ1v) is 7.94. The Morgan fingerprint density at radius 2 is 1.91 bits per heavy atom. The van der Waals surface area contributed by atoms with E-state index in [2.05, 4.69) is 10.6 Å². The van der Waals surface area contributed by atoms with Crippen LogP contribution in [-0.2, 0) is 16.0 Å². The van der Waals surface area contributed by atoms with Gasteiger partial charge in [0.25, 0.3) is 0 Å². The molecule has 23 heavy (non-hydrogen) atoms. The van der Waals surface area contributed by atoms with Gasteiger partial charge in [0.1, 0.15) is 0 Å². The van der Waals surface area contributed by atoms with Gasteiger partial charge in [-0.05, 0) is 43.4 Å². The number of carbonyl (C=O) groups excluding carboxylic acids is 2. The third kappa shape index (κ3) is 6.59. The highest BCUT2D eigenvalue weighted by molar-refractivity contribution is 5.88. The van der Waals surface area contributed by atoms with E-state index >= 15 is 0 Å². The van der Waals surface area contributed by atoms with Crippen LogP contribution in [-0.4, -0.2) is 24.4 Å². The van der Waals surface area contributed by atoms with E-state index < -0.39 is 0 Å². The fraction of sp³-hybridized carbons (Fsp3) is 0.529. The van der Waals surface area contributed by atoms with Gasteiger partial charge in [0, 0.05) is 31.1 Å². The molecule has 2 unspecified atom stereocenters. The second-order valence-electron chi connectivity index (χ2n) is 6.04. The summed E-state index contributed by atoms with van der Waals surface area (Å²) in [4.78, 5) is 23.0. The van der Waals surface area contributed by atoms with Crippen molar-refractivity contribution in [1.82, 2.24) is 5.32 Å². The van der Waals surface area contributed by atoms with Crippen LogP contribution in [0.15, 0.2) is 24.3 Å². The van der Waals surface area contributed by atoms with Crippen molar-refractivity contribution in [2.24, 2.45) is 11.7 Å².